The predicted molar refractivity (Wildman–Crippen MR) is 172 cm³/mol. The summed E-state index contributed by atoms with van der Waals surface area (Å²) >= 11 is 0. The number of hydrogen-bond acceptors (Lipinski definition) is 0. The zero-order chi connectivity index (χ0) is 28.7. The summed E-state index contributed by atoms with van der Waals surface area (Å²) in [7, 11) is -1.42. The number of nitrogens with zero attached hydrogens (tertiary/aromatic N) is 1. The van der Waals surface area contributed by atoms with E-state index in [-0.39, 0.29) is 29.4 Å². The quantitative estimate of drug-likeness (QED) is 0.136. The fourth-order valence-electron chi connectivity index (χ4n) is 7.76. The molecule has 1 aliphatic heterocycles. The Labute approximate surface area is 256 Å². The third-order valence-electron chi connectivity index (χ3n) is 10.1. The minimum atomic E-state index is -1.82. The Morgan fingerprint density at radius 3 is 1.29 bits per heavy atom. The summed E-state index contributed by atoms with van der Waals surface area (Å²) < 4.78 is 2.39. The second-order valence-electron chi connectivity index (χ2n) is 13.9. The van der Waals surface area contributed by atoms with Crippen LogP contribution in [0.1, 0.15) is 121 Å². The van der Waals surface area contributed by atoms with Gasteiger partial charge < -0.3 is 24.0 Å². The zero-order valence-corrected chi connectivity index (χ0v) is 31.6. The molecule has 0 unspecified atom stereocenters. The normalized spacial score (nSPS) is 15.2. The minimum absolute atomic E-state index is 0. The van der Waals surface area contributed by atoms with Crippen LogP contribution in [-0.2, 0) is 5.41 Å². The maximum atomic E-state index is 4.00. The Morgan fingerprint density at radius 1 is 0.632 bits per heavy atom. The third-order valence-corrected chi connectivity index (χ3v) is 22.7. The van der Waals surface area contributed by atoms with Gasteiger partial charge in [0.2, 0.25) is 5.69 Å². The Bertz CT molecular complexity index is 1120. The number of hydrogen-bond donors (Lipinski definition) is 0. The van der Waals surface area contributed by atoms with Crippen LogP contribution >= 0.6 is 0 Å². The van der Waals surface area contributed by atoms with Gasteiger partial charge in [-0.3, -0.25) is 0 Å². The molecule has 1 aromatic rings. The lowest BCUT2D eigenvalue weighted by atomic mass is 9.79. The molecule has 0 aliphatic carbocycles. The van der Waals surface area contributed by atoms with Crippen molar-refractivity contribution in [3.63, 3.8) is 0 Å². The molecule has 0 spiro atoms. The summed E-state index contributed by atoms with van der Waals surface area (Å²) in [6.45, 7) is 35.7. The van der Waals surface area contributed by atoms with Crippen molar-refractivity contribution in [2.24, 2.45) is 0 Å². The van der Waals surface area contributed by atoms with Crippen LogP contribution in [0.4, 0.5) is 5.69 Å². The van der Waals surface area contributed by atoms with Crippen LogP contribution in [-0.4, -0.2) is 33.5 Å². The fraction of sp³-hybridized carbons (Fsp3) is 0.676. The fourth-order valence-corrected chi connectivity index (χ4v) is 18.2. The number of benzene rings is 1. The van der Waals surface area contributed by atoms with Crippen LogP contribution in [0, 0.1) is 22.9 Å². The van der Waals surface area contributed by atoms with E-state index in [4.69, 9.17) is 0 Å². The number of rotatable bonds is 6. The molecule has 38 heavy (non-hydrogen) atoms. The monoisotopic (exact) mass is 661 g/mol. The first-order chi connectivity index (χ1) is 16.9. The van der Waals surface area contributed by atoms with Crippen molar-refractivity contribution < 1.29 is 28.6 Å². The van der Waals surface area contributed by atoms with Gasteiger partial charge in [-0.1, -0.05) is 94.9 Å². The Morgan fingerprint density at radius 2 is 0.947 bits per heavy atom. The maximum Gasteiger partial charge on any atom is 0.226 e. The lowest BCUT2D eigenvalue weighted by Crippen LogP contribution is -3.00. The average molecular weight is 662 g/mol. The molecular formula is C34H56INSi2. The second-order valence-corrected chi connectivity index (χ2v) is 25.1. The van der Waals surface area contributed by atoms with Crippen molar-refractivity contribution >= 4 is 27.5 Å². The van der Waals surface area contributed by atoms with Gasteiger partial charge in [0.1, 0.15) is 23.2 Å². The molecule has 0 saturated carbocycles. The molecule has 0 atom stereocenters. The van der Waals surface area contributed by atoms with Gasteiger partial charge in [0.05, 0.1) is 16.5 Å². The Balaban J connectivity index is 0.00000722. The van der Waals surface area contributed by atoms with Crippen LogP contribution < -0.4 is 24.0 Å². The van der Waals surface area contributed by atoms with Crippen molar-refractivity contribution in [1.29, 1.82) is 0 Å². The summed E-state index contributed by atoms with van der Waals surface area (Å²) in [6.07, 6.45) is 0. The maximum absolute atomic E-state index is 4.00. The predicted octanol–water partition coefficient (Wildman–Crippen LogP) is 6.86. The van der Waals surface area contributed by atoms with E-state index >= 15 is 0 Å². The minimum Gasteiger partial charge on any atom is -1.00 e. The lowest BCUT2D eigenvalue weighted by molar-refractivity contribution is -0.403. The summed E-state index contributed by atoms with van der Waals surface area (Å²) in [5.41, 5.74) is 18.1. The van der Waals surface area contributed by atoms with E-state index in [1.807, 2.05) is 0 Å². The van der Waals surface area contributed by atoms with E-state index in [9.17, 15) is 0 Å². The zero-order valence-electron chi connectivity index (χ0n) is 27.4. The van der Waals surface area contributed by atoms with Gasteiger partial charge in [-0.2, -0.15) is 0 Å². The Kier molecular flexibility index (Phi) is 11.8. The molecule has 0 radical (unpaired) electrons. The van der Waals surface area contributed by atoms with Gasteiger partial charge in [-0.05, 0) is 59.2 Å². The number of fused-ring (bicyclic) bond motifs is 1. The van der Waals surface area contributed by atoms with Crippen LogP contribution in [0.2, 0.25) is 33.2 Å². The van der Waals surface area contributed by atoms with E-state index in [1.54, 1.807) is 0 Å². The van der Waals surface area contributed by atoms with E-state index in [0.717, 1.165) is 0 Å². The standard InChI is InChI=1S/C34H56NSi2.HI/c1-23(2)36(24(3)4,25(5)6)21-19-30-17-18-31(33-32(30)34(14,15)29(13)35(33)16)20-22-37(26(7)8,27(9)10)28(11)12;/h17-18,23-28H,1-16H3;1H/q+1;/p-1. The van der Waals surface area contributed by atoms with E-state index in [1.165, 1.54) is 28.1 Å². The smallest absolute Gasteiger partial charge is 0.226 e. The SMILES string of the molecule is CC1=[N+](C)c2c(C#C[Si](C(C)C)(C(C)C)C(C)C)ccc(C#C[Si](C(C)C)(C(C)C)C(C)C)c2C1(C)C.[I-]. The molecule has 0 fully saturated rings. The third kappa shape index (κ3) is 5.80. The molecule has 0 amide bonds. The lowest BCUT2D eigenvalue weighted by Gasteiger charge is -2.38. The Hall–Kier alpha value is -0.826. The highest BCUT2D eigenvalue weighted by molar-refractivity contribution is 6.91. The molecule has 0 bridgehead atoms. The van der Waals surface area contributed by atoms with E-state index in [2.05, 4.69) is 151 Å². The molecule has 212 valence electrons. The molecular weight excluding hydrogens is 605 g/mol. The van der Waals surface area contributed by atoms with Crippen LogP contribution in [0.15, 0.2) is 12.1 Å². The van der Waals surface area contributed by atoms with Gasteiger partial charge in [-0.25, -0.2) is 4.58 Å². The molecule has 0 saturated heterocycles. The van der Waals surface area contributed by atoms with Crippen LogP contribution in [0.5, 0.6) is 0 Å². The summed E-state index contributed by atoms with van der Waals surface area (Å²) in [4.78, 5) is 0. The summed E-state index contributed by atoms with van der Waals surface area (Å²) in [5.74, 6) is 7.60. The van der Waals surface area contributed by atoms with Crippen molar-refractivity contribution in [2.45, 2.75) is 143 Å². The highest BCUT2D eigenvalue weighted by Gasteiger charge is 2.46. The number of halogens is 1. The first kappa shape index (κ1) is 35.2. The highest BCUT2D eigenvalue weighted by atomic mass is 127. The van der Waals surface area contributed by atoms with Crippen molar-refractivity contribution in [3.8, 4) is 22.9 Å². The summed E-state index contributed by atoms with van der Waals surface area (Å²) in [6, 6.07) is 4.55. The van der Waals surface area contributed by atoms with Crippen molar-refractivity contribution in [1.82, 2.24) is 0 Å². The van der Waals surface area contributed by atoms with Crippen LogP contribution in [0.25, 0.3) is 0 Å². The average Bonchev–Trinajstić information content (AvgIpc) is 2.94. The topological polar surface area (TPSA) is 3.01 Å². The van der Waals surface area contributed by atoms with E-state index in [0.29, 0.717) is 33.2 Å². The largest absolute Gasteiger partial charge is 1.00 e. The molecule has 0 aromatic heterocycles. The van der Waals surface area contributed by atoms with Crippen molar-refractivity contribution in [3.05, 3.63) is 28.8 Å². The van der Waals surface area contributed by atoms with Gasteiger partial charge in [0.15, 0.2) is 5.71 Å². The van der Waals surface area contributed by atoms with Crippen molar-refractivity contribution in [2.75, 3.05) is 7.05 Å². The highest BCUT2D eigenvalue weighted by Crippen LogP contribution is 2.45. The van der Waals surface area contributed by atoms with Crippen LogP contribution in [0.3, 0.4) is 0 Å². The first-order valence-corrected chi connectivity index (χ1v) is 19.2. The van der Waals surface area contributed by atoms with Gasteiger partial charge in [0.25, 0.3) is 0 Å². The molecule has 1 aromatic carbocycles. The molecule has 2 rings (SSSR count). The molecule has 0 N–H and O–H groups in total. The van der Waals surface area contributed by atoms with E-state index < -0.39 is 16.1 Å². The molecule has 4 heteroatoms. The van der Waals surface area contributed by atoms with Gasteiger partial charge in [-0.15, -0.1) is 11.1 Å². The summed E-state index contributed by atoms with van der Waals surface area (Å²) in [5, 5.41) is 0. The van der Waals surface area contributed by atoms with Gasteiger partial charge >= 0.3 is 0 Å². The molecule has 1 nitrogen and oxygen atoms in total. The molecule has 1 heterocycles. The molecule has 1 aliphatic rings. The van der Waals surface area contributed by atoms with Gasteiger partial charge in [0, 0.05) is 12.5 Å². The second kappa shape index (κ2) is 12.8. The first-order valence-electron chi connectivity index (χ1n) is 14.7.